The Bertz CT molecular complexity index is 1110. The molecule has 3 aromatic rings. The molecule has 1 fully saturated rings. The van der Waals surface area contributed by atoms with E-state index in [1.165, 1.54) is 0 Å². The molecule has 2 heterocycles. The maximum Gasteiger partial charge on any atom is 0.253 e. The zero-order chi connectivity index (χ0) is 22.0. The number of aryl methyl sites for hydroxylation is 2. The van der Waals surface area contributed by atoms with Gasteiger partial charge in [0.25, 0.3) is 5.91 Å². The molecule has 1 saturated heterocycles. The highest BCUT2D eigenvalue weighted by Gasteiger charge is 2.29. The van der Waals surface area contributed by atoms with Gasteiger partial charge in [0.2, 0.25) is 5.91 Å². The second kappa shape index (κ2) is 8.94. The Hall–Kier alpha value is -3.12. The van der Waals surface area contributed by atoms with Crippen molar-refractivity contribution >= 4 is 29.2 Å². The van der Waals surface area contributed by atoms with Gasteiger partial charge in [-0.05, 0) is 57.0 Å². The first kappa shape index (κ1) is 21.1. The van der Waals surface area contributed by atoms with E-state index in [9.17, 15) is 9.59 Å². The van der Waals surface area contributed by atoms with Crippen molar-refractivity contribution < 1.29 is 9.59 Å². The van der Waals surface area contributed by atoms with Gasteiger partial charge < -0.3 is 10.2 Å². The summed E-state index contributed by atoms with van der Waals surface area (Å²) >= 11 is 6.12. The van der Waals surface area contributed by atoms with Crippen LogP contribution in [0.2, 0.25) is 5.02 Å². The number of amides is 2. The molecule has 7 heteroatoms. The highest BCUT2D eigenvalue weighted by atomic mass is 35.5. The van der Waals surface area contributed by atoms with E-state index in [-0.39, 0.29) is 17.7 Å². The number of hydrogen-bond donors (Lipinski definition) is 1. The molecule has 2 aromatic carbocycles. The minimum Gasteiger partial charge on any atom is -0.338 e. The number of benzene rings is 2. The Balaban J connectivity index is 1.48. The number of aromatic nitrogens is 2. The van der Waals surface area contributed by atoms with Gasteiger partial charge in [0.05, 0.1) is 17.3 Å². The van der Waals surface area contributed by atoms with Gasteiger partial charge in [-0.15, -0.1) is 0 Å². The molecule has 4 rings (SSSR count). The Labute approximate surface area is 186 Å². The Morgan fingerprint density at radius 3 is 2.61 bits per heavy atom. The summed E-state index contributed by atoms with van der Waals surface area (Å²) in [5, 5.41) is 8.09. The standard InChI is InChI=1S/C24H25ClN4O2/c1-16-8-10-18(11-9-16)24(31)28-12-4-5-19(15-28)23(30)26-22-13-17(2)27-29(22)21-7-3-6-20(25)14-21/h3,6-11,13-14,19H,4-5,12,15H2,1-2H3,(H,26,30). The minimum absolute atomic E-state index is 0.0303. The summed E-state index contributed by atoms with van der Waals surface area (Å²) < 4.78 is 1.68. The van der Waals surface area contributed by atoms with Crippen LogP contribution in [-0.4, -0.2) is 39.6 Å². The largest absolute Gasteiger partial charge is 0.338 e. The molecule has 0 spiro atoms. The fourth-order valence-electron chi connectivity index (χ4n) is 3.88. The minimum atomic E-state index is -0.272. The van der Waals surface area contributed by atoms with Crippen LogP contribution < -0.4 is 5.32 Å². The molecule has 0 bridgehead atoms. The lowest BCUT2D eigenvalue weighted by Crippen LogP contribution is -2.43. The molecule has 0 saturated carbocycles. The first-order valence-corrected chi connectivity index (χ1v) is 10.8. The van der Waals surface area contributed by atoms with E-state index >= 15 is 0 Å². The van der Waals surface area contributed by atoms with Crippen LogP contribution in [-0.2, 0) is 4.79 Å². The molecule has 6 nitrogen and oxygen atoms in total. The molecule has 1 atom stereocenters. The van der Waals surface area contributed by atoms with Crippen LogP contribution >= 0.6 is 11.6 Å². The van der Waals surface area contributed by atoms with Crippen LogP contribution in [0.5, 0.6) is 0 Å². The lowest BCUT2D eigenvalue weighted by Gasteiger charge is -2.32. The van der Waals surface area contributed by atoms with E-state index in [2.05, 4.69) is 10.4 Å². The fourth-order valence-corrected chi connectivity index (χ4v) is 4.06. The predicted octanol–water partition coefficient (Wildman–Crippen LogP) is 4.63. The van der Waals surface area contributed by atoms with E-state index in [1.54, 1.807) is 21.7 Å². The Morgan fingerprint density at radius 1 is 1.10 bits per heavy atom. The molecule has 160 valence electrons. The van der Waals surface area contributed by atoms with E-state index in [1.807, 2.05) is 56.3 Å². The summed E-state index contributed by atoms with van der Waals surface area (Å²) in [5.41, 5.74) is 3.33. The van der Waals surface area contributed by atoms with Crippen LogP contribution in [0.15, 0.2) is 54.6 Å². The number of piperidine rings is 1. The van der Waals surface area contributed by atoms with E-state index in [0.717, 1.165) is 29.8 Å². The van der Waals surface area contributed by atoms with Gasteiger partial charge in [0.15, 0.2) is 0 Å². The number of likely N-dealkylation sites (tertiary alicyclic amines) is 1. The molecule has 0 radical (unpaired) electrons. The Morgan fingerprint density at radius 2 is 1.87 bits per heavy atom. The highest BCUT2D eigenvalue weighted by Crippen LogP contribution is 2.24. The first-order valence-electron chi connectivity index (χ1n) is 10.4. The predicted molar refractivity (Wildman–Crippen MR) is 122 cm³/mol. The van der Waals surface area contributed by atoms with Crippen LogP contribution in [0, 0.1) is 19.8 Å². The maximum absolute atomic E-state index is 13.1. The normalized spacial score (nSPS) is 16.2. The third-order valence-electron chi connectivity index (χ3n) is 5.51. The molecule has 1 N–H and O–H groups in total. The van der Waals surface area contributed by atoms with Gasteiger partial charge in [0, 0.05) is 29.7 Å². The lowest BCUT2D eigenvalue weighted by atomic mass is 9.96. The summed E-state index contributed by atoms with van der Waals surface area (Å²) in [4.78, 5) is 27.7. The van der Waals surface area contributed by atoms with Gasteiger partial charge in [-0.25, -0.2) is 4.68 Å². The van der Waals surface area contributed by atoms with Crippen LogP contribution in [0.3, 0.4) is 0 Å². The van der Waals surface area contributed by atoms with Crippen molar-refractivity contribution in [1.82, 2.24) is 14.7 Å². The topological polar surface area (TPSA) is 67.2 Å². The van der Waals surface area contributed by atoms with Gasteiger partial charge in [-0.1, -0.05) is 35.4 Å². The number of carbonyl (C=O) groups is 2. The van der Waals surface area contributed by atoms with E-state index < -0.39 is 0 Å². The maximum atomic E-state index is 13.1. The number of carbonyl (C=O) groups excluding carboxylic acids is 2. The van der Waals surface area contributed by atoms with Crippen molar-refractivity contribution in [3.8, 4) is 5.69 Å². The van der Waals surface area contributed by atoms with Crippen molar-refractivity contribution in [2.45, 2.75) is 26.7 Å². The van der Waals surface area contributed by atoms with Gasteiger partial charge >= 0.3 is 0 Å². The second-order valence-corrected chi connectivity index (χ2v) is 8.44. The van der Waals surface area contributed by atoms with Crippen molar-refractivity contribution in [3.63, 3.8) is 0 Å². The number of rotatable bonds is 4. The monoisotopic (exact) mass is 436 g/mol. The van der Waals surface area contributed by atoms with Crippen molar-refractivity contribution in [1.29, 1.82) is 0 Å². The van der Waals surface area contributed by atoms with E-state index in [0.29, 0.717) is 29.5 Å². The van der Waals surface area contributed by atoms with Crippen molar-refractivity contribution in [3.05, 3.63) is 76.4 Å². The number of halogens is 1. The van der Waals surface area contributed by atoms with Crippen molar-refractivity contribution in [2.24, 2.45) is 5.92 Å². The number of nitrogens with zero attached hydrogens (tertiary/aromatic N) is 3. The molecule has 2 amide bonds. The number of nitrogens with one attached hydrogen (secondary N) is 1. The first-order chi connectivity index (χ1) is 14.9. The smallest absolute Gasteiger partial charge is 0.253 e. The van der Waals surface area contributed by atoms with Crippen LogP contribution in [0.25, 0.3) is 5.69 Å². The summed E-state index contributed by atoms with van der Waals surface area (Å²) in [6, 6.07) is 16.7. The highest BCUT2D eigenvalue weighted by molar-refractivity contribution is 6.30. The zero-order valence-electron chi connectivity index (χ0n) is 17.6. The molecule has 31 heavy (non-hydrogen) atoms. The zero-order valence-corrected chi connectivity index (χ0v) is 18.4. The molecule has 1 unspecified atom stereocenters. The fraction of sp³-hybridized carbons (Fsp3) is 0.292. The third-order valence-corrected chi connectivity index (χ3v) is 5.75. The number of anilines is 1. The Kier molecular flexibility index (Phi) is 6.09. The average Bonchev–Trinajstić information content (AvgIpc) is 3.14. The third kappa shape index (κ3) is 4.80. The molecular weight excluding hydrogens is 412 g/mol. The summed E-state index contributed by atoms with van der Waals surface area (Å²) in [5.74, 6) is 0.180. The molecule has 1 aliphatic rings. The summed E-state index contributed by atoms with van der Waals surface area (Å²) in [7, 11) is 0. The molecule has 1 aromatic heterocycles. The van der Waals surface area contributed by atoms with Gasteiger partial charge in [-0.2, -0.15) is 5.10 Å². The second-order valence-electron chi connectivity index (χ2n) is 8.01. The quantitative estimate of drug-likeness (QED) is 0.648. The molecule has 1 aliphatic heterocycles. The lowest BCUT2D eigenvalue weighted by molar-refractivity contribution is -0.121. The SMILES string of the molecule is Cc1ccc(C(=O)N2CCCC(C(=O)Nc3cc(C)nn3-c3cccc(Cl)c3)C2)cc1. The number of hydrogen-bond acceptors (Lipinski definition) is 3. The van der Waals surface area contributed by atoms with Crippen molar-refractivity contribution in [2.75, 3.05) is 18.4 Å². The molecule has 0 aliphatic carbocycles. The van der Waals surface area contributed by atoms with Crippen LogP contribution in [0.4, 0.5) is 5.82 Å². The van der Waals surface area contributed by atoms with Gasteiger partial charge in [-0.3, -0.25) is 9.59 Å². The summed E-state index contributed by atoms with van der Waals surface area (Å²) in [6.45, 7) is 4.93. The summed E-state index contributed by atoms with van der Waals surface area (Å²) in [6.07, 6.45) is 1.54. The van der Waals surface area contributed by atoms with E-state index in [4.69, 9.17) is 11.6 Å². The van der Waals surface area contributed by atoms with Gasteiger partial charge in [0.1, 0.15) is 5.82 Å². The average molecular weight is 437 g/mol. The molecular formula is C24H25ClN4O2. The van der Waals surface area contributed by atoms with Crippen LogP contribution in [0.1, 0.15) is 34.5 Å².